The molecule has 0 bridgehead atoms. The molecule has 1 heterocycles. The zero-order valence-electron chi connectivity index (χ0n) is 16.0. The van der Waals surface area contributed by atoms with Crippen LogP contribution in [-0.4, -0.2) is 29.1 Å². The van der Waals surface area contributed by atoms with Gasteiger partial charge in [-0.05, 0) is 38.5 Å². The summed E-state index contributed by atoms with van der Waals surface area (Å²) in [5.74, 6) is -1.43. The topological polar surface area (TPSA) is 58.6 Å². The Morgan fingerprint density at radius 2 is 1.66 bits per heavy atom. The molecule has 2 amide bonds. The highest BCUT2D eigenvalue weighted by atomic mass is 19.4. The predicted molar refractivity (Wildman–Crippen MR) is 102 cm³/mol. The molecule has 1 aliphatic rings. The molecule has 0 aromatic heterocycles. The average Bonchev–Trinajstić information content (AvgIpc) is 2.85. The van der Waals surface area contributed by atoms with E-state index in [4.69, 9.17) is 0 Å². The number of carbonyl (C=O) groups excluding carboxylic acids is 2. The normalized spacial score (nSPS) is 14.8. The average molecular weight is 404 g/mol. The van der Waals surface area contributed by atoms with Crippen molar-refractivity contribution in [3.8, 4) is 5.75 Å². The van der Waals surface area contributed by atoms with E-state index in [9.17, 15) is 22.8 Å². The van der Waals surface area contributed by atoms with Crippen molar-refractivity contribution in [1.82, 2.24) is 4.90 Å². The predicted octanol–water partition coefficient (Wildman–Crippen LogP) is 4.49. The molecular weight excluding hydrogens is 385 g/mol. The van der Waals surface area contributed by atoms with E-state index in [0.717, 1.165) is 22.6 Å². The number of carbonyl (C=O) groups is 2. The number of alkyl halides is 3. The first-order valence-corrected chi connectivity index (χ1v) is 8.89. The summed E-state index contributed by atoms with van der Waals surface area (Å²) in [6, 6.07) is 11.8. The number of anilines is 1. The van der Waals surface area contributed by atoms with Crippen LogP contribution in [0.4, 0.5) is 18.9 Å². The Morgan fingerprint density at radius 1 is 1.00 bits per heavy atom. The van der Waals surface area contributed by atoms with Gasteiger partial charge in [0.25, 0.3) is 11.8 Å². The van der Waals surface area contributed by atoms with Crippen LogP contribution in [0.1, 0.15) is 25.0 Å². The maximum atomic E-state index is 12.9. The lowest BCUT2D eigenvalue weighted by atomic mass is 10.0. The Labute approximate surface area is 165 Å². The van der Waals surface area contributed by atoms with Gasteiger partial charge in [0.15, 0.2) is 0 Å². The summed E-state index contributed by atoms with van der Waals surface area (Å²) in [7, 11) is 0. The van der Waals surface area contributed by atoms with Gasteiger partial charge >= 0.3 is 6.36 Å². The minimum atomic E-state index is -4.83. The van der Waals surface area contributed by atoms with Gasteiger partial charge in [-0.3, -0.25) is 14.5 Å². The first-order valence-electron chi connectivity index (χ1n) is 8.89. The van der Waals surface area contributed by atoms with Gasteiger partial charge in [0.05, 0.1) is 5.57 Å². The number of ether oxygens (including phenoxy) is 1. The van der Waals surface area contributed by atoms with Crippen molar-refractivity contribution in [3.63, 3.8) is 0 Å². The highest BCUT2D eigenvalue weighted by Gasteiger charge is 2.40. The molecule has 0 fully saturated rings. The molecule has 2 aromatic carbocycles. The highest BCUT2D eigenvalue weighted by Crippen LogP contribution is 2.33. The molecule has 0 atom stereocenters. The third-order valence-electron chi connectivity index (χ3n) is 4.31. The first-order chi connectivity index (χ1) is 13.6. The number of nitrogens with one attached hydrogen (secondary N) is 1. The molecule has 3 rings (SSSR count). The number of aryl methyl sites for hydroxylation is 1. The third-order valence-corrected chi connectivity index (χ3v) is 4.31. The summed E-state index contributed by atoms with van der Waals surface area (Å²) >= 11 is 0. The van der Waals surface area contributed by atoms with Crippen molar-refractivity contribution in [2.24, 2.45) is 0 Å². The number of benzene rings is 2. The summed E-state index contributed by atoms with van der Waals surface area (Å²) in [5.41, 5.74) is 1.90. The fourth-order valence-electron chi connectivity index (χ4n) is 3.04. The number of hydrogen-bond acceptors (Lipinski definition) is 4. The lowest BCUT2D eigenvalue weighted by molar-refractivity contribution is -0.274. The lowest BCUT2D eigenvalue weighted by Gasteiger charge is -2.19. The summed E-state index contributed by atoms with van der Waals surface area (Å²) in [4.78, 5) is 26.9. The molecule has 2 aromatic rings. The number of hydrogen-bond donors (Lipinski definition) is 1. The Kier molecular flexibility index (Phi) is 5.37. The van der Waals surface area contributed by atoms with Crippen LogP contribution < -0.4 is 10.1 Å². The molecule has 0 radical (unpaired) electrons. The van der Waals surface area contributed by atoms with Crippen LogP contribution in [0.3, 0.4) is 0 Å². The van der Waals surface area contributed by atoms with Gasteiger partial charge in [-0.25, -0.2) is 0 Å². The fraction of sp³-hybridized carbons (Fsp3) is 0.238. The van der Waals surface area contributed by atoms with Crippen molar-refractivity contribution in [1.29, 1.82) is 0 Å². The minimum absolute atomic E-state index is 0.0108. The summed E-state index contributed by atoms with van der Waals surface area (Å²) in [5, 5.41) is 2.82. The van der Waals surface area contributed by atoms with Crippen LogP contribution in [-0.2, 0) is 9.59 Å². The molecule has 0 spiro atoms. The molecule has 0 aliphatic carbocycles. The Morgan fingerprint density at radius 3 is 2.24 bits per heavy atom. The van der Waals surface area contributed by atoms with E-state index in [2.05, 4.69) is 10.1 Å². The number of rotatable bonds is 5. The zero-order valence-corrected chi connectivity index (χ0v) is 16.0. The van der Waals surface area contributed by atoms with Gasteiger partial charge in [-0.15, -0.1) is 13.2 Å². The fourth-order valence-corrected chi connectivity index (χ4v) is 3.04. The zero-order chi connectivity index (χ0) is 21.3. The largest absolute Gasteiger partial charge is 0.573 e. The van der Waals surface area contributed by atoms with E-state index in [1.165, 1.54) is 12.1 Å². The van der Waals surface area contributed by atoms with Gasteiger partial charge in [0.2, 0.25) is 0 Å². The van der Waals surface area contributed by atoms with Crippen LogP contribution in [0.25, 0.3) is 5.57 Å². The molecule has 152 valence electrons. The van der Waals surface area contributed by atoms with Crippen molar-refractivity contribution >= 4 is 23.1 Å². The number of nitrogens with zero attached hydrogens (tertiary/aromatic N) is 1. The Hall–Kier alpha value is -3.29. The maximum Gasteiger partial charge on any atom is 0.573 e. The van der Waals surface area contributed by atoms with E-state index >= 15 is 0 Å². The second-order valence-corrected chi connectivity index (χ2v) is 6.89. The maximum absolute atomic E-state index is 12.9. The summed E-state index contributed by atoms with van der Waals surface area (Å²) in [6.07, 6.45) is -4.83. The Balaban J connectivity index is 2.03. The monoisotopic (exact) mass is 404 g/mol. The summed E-state index contributed by atoms with van der Waals surface area (Å²) in [6.45, 7) is 5.32. The molecule has 8 heteroatoms. The van der Waals surface area contributed by atoms with E-state index in [0.29, 0.717) is 5.56 Å². The van der Waals surface area contributed by atoms with Crippen LogP contribution in [0.2, 0.25) is 0 Å². The van der Waals surface area contributed by atoms with E-state index in [-0.39, 0.29) is 23.0 Å². The molecule has 1 N–H and O–H groups in total. The number of amides is 2. The van der Waals surface area contributed by atoms with E-state index in [1.807, 2.05) is 19.1 Å². The molecule has 1 aliphatic heterocycles. The van der Waals surface area contributed by atoms with E-state index in [1.54, 1.807) is 26.0 Å². The molecule has 0 saturated heterocycles. The molecule has 0 saturated carbocycles. The lowest BCUT2D eigenvalue weighted by Crippen LogP contribution is -2.38. The van der Waals surface area contributed by atoms with Gasteiger partial charge in [-0.1, -0.05) is 35.9 Å². The van der Waals surface area contributed by atoms with Crippen LogP contribution in [0.5, 0.6) is 5.75 Å². The second-order valence-electron chi connectivity index (χ2n) is 6.89. The molecular formula is C21H19F3N2O3. The van der Waals surface area contributed by atoms with Gasteiger partial charge in [0, 0.05) is 17.8 Å². The second kappa shape index (κ2) is 7.62. The van der Waals surface area contributed by atoms with Crippen LogP contribution in [0, 0.1) is 6.92 Å². The van der Waals surface area contributed by atoms with E-state index < -0.39 is 23.9 Å². The van der Waals surface area contributed by atoms with Crippen molar-refractivity contribution < 1.29 is 27.5 Å². The van der Waals surface area contributed by atoms with Crippen molar-refractivity contribution in [2.45, 2.75) is 33.2 Å². The van der Waals surface area contributed by atoms with Gasteiger partial charge in [-0.2, -0.15) is 0 Å². The quantitative estimate of drug-likeness (QED) is 0.746. The van der Waals surface area contributed by atoms with Gasteiger partial charge in [0.1, 0.15) is 11.4 Å². The SMILES string of the molecule is Cc1ccc(C2=C(Nc3cccc(OC(F)(F)F)c3)C(=O)N(C(C)C)C2=O)cc1. The molecule has 0 unspecified atom stereocenters. The van der Waals surface area contributed by atoms with Crippen molar-refractivity contribution in [2.75, 3.05) is 5.32 Å². The highest BCUT2D eigenvalue weighted by molar-refractivity contribution is 6.36. The van der Waals surface area contributed by atoms with Crippen LogP contribution >= 0.6 is 0 Å². The Bertz CT molecular complexity index is 979. The first kappa shape index (κ1) is 20.4. The van der Waals surface area contributed by atoms with Crippen molar-refractivity contribution in [3.05, 3.63) is 65.4 Å². The molecule has 29 heavy (non-hydrogen) atoms. The molecule has 5 nitrogen and oxygen atoms in total. The summed E-state index contributed by atoms with van der Waals surface area (Å²) < 4.78 is 41.4. The third kappa shape index (κ3) is 4.42. The smallest absolute Gasteiger partial charge is 0.406 e. The standard InChI is InChI=1S/C21H19F3N2O3/c1-12(2)26-19(27)17(14-9-7-13(3)8-10-14)18(20(26)28)25-15-5-4-6-16(11-15)29-21(22,23)24/h4-12,25H,1-3H3. The number of imide groups is 1. The van der Waals surface area contributed by atoms with Gasteiger partial charge < -0.3 is 10.1 Å². The van der Waals surface area contributed by atoms with Crippen LogP contribution in [0.15, 0.2) is 54.2 Å². The number of halogens is 3. The minimum Gasteiger partial charge on any atom is -0.406 e.